The molecule has 2 N–H and O–H groups in total. The first kappa shape index (κ1) is 13.4. The van der Waals surface area contributed by atoms with Crippen molar-refractivity contribution in [3.8, 4) is 5.75 Å². The summed E-state index contributed by atoms with van der Waals surface area (Å²) in [5.74, 6) is 1.59. The first-order chi connectivity index (χ1) is 8.63. The van der Waals surface area contributed by atoms with E-state index < -0.39 is 0 Å². The van der Waals surface area contributed by atoms with Gasteiger partial charge in [-0.1, -0.05) is 19.3 Å². The zero-order valence-corrected chi connectivity index (χ0v) is 11.8. The fraction of sp³-hybridized carbons (Fsp3) is 0.625. The number of benzene rings is 1. The maximum absolute atomic E-state index is 6.52. The number of hydrogen-bond acceptors (Lipinski definition) is 2. The third kappa shape index (κ3) is 2.69. The van der Waals surface area contributed by atoms with Crippen LogP contribution < -0.4 is 10.5 Å². The molecule has 18 heavy (non-hydrogen) atoms. The first-order valence-electron chi connectivity index (χ1n) is 7.04. The molecular weight excluding hydrogens is 222 g/mol. The topological polar surface area (TPSA) is 35.2 Å². The van der Waals surface area contributed by atoms with Crippen molar-refractivity contribution in [2.45, 2.75) is 52.0 Å². The van der Waals surface area contributed by atoms with Gasteiger partial charge in [-0.2, -0.15) is 0 Å². The lowest BCUT2D eigenvalue weighted by Crippen LogP contribution is -2.25. The van der Waals surface area contributed by atoms with Crippen LogP contribution in [0.25, 0.3) is 0 Å². The molecule has 1 aliphatic rings. The lowest BCUT2D eigenvalue weighted by atomic mass is 9.79. The van der Waals surface area contributed by atoms with Crippen molar-refractivity contribution in [3.63, 3.8) is 0 Å². The van der Waals surface area contributed by atoms with Gasteiger partial charge in [0.1, 0.15) is 5.75 Å². The smallest absolute Gasteiger partial charge is 0.119 e. The van der Waals surface area contributed by atoms with E-state index >= 15 is 0 Å². The van der Waals surface area contributed by atoms with Crippen molar-refractivity contribution >= 4 is 0 Å². The van der Waals surface area contributed by atoms with Crippen LogP contribution in [-0.4, -0.2) is 7.11 Å². The highest BCUT2D eigenvalue weighted by molar-refractivity contribution is 5.43. The van der Waals surface area contributed by atoms with E-state index in [9.17, 15) is 0 Å². The van der Waals surface area contributed by atoms with E-state index in [4.69, 9.17) is 10.5 Å². The molecule has 0 bridgehead atoms. The molecule has 2 heteroatoms. The molecular formula is C16H25NO. The van der Waals surface area contributed by atoms with E-state index in [0.717, 1.165) is 5.75 Å². The van der Waals surface area contributed by atoms with Crippen LogP contribution in [0, 0.1) is 19.8 Å². The Hall–Kier alpha value is -1.02. The highest BCUT2D eigenvalue weighted by Crippen LogP contribution is 2.36. The summed E-state index contributed by atoms with van der Waals surface area (Å²) in [7, 11) is 1.72. The molecule has 1 aromatic carbocycles. The second kappa shape index (κ2) is 5.75. The normalized spacial score (nSPS) is 18.7. The van der Waals surface area contributed by atoms with Gasteiger partial charge in [-0.15, -0.1) is 0 Å². The number of nitrogens with two attached hydrogens (primary N) is 1. The Morgan fingerprint density at radius 1 is 1.11 bits per heavy atom. The SMILES string of the molecule is COc1cc(C)c(C(N)C2CCCCC2)c(C)c1. The van der Waals surface area contributed by atoms with Gasteiger partial charge in [0.05, 0.1) is 7.11 Å². The second-order valence-corrected chi connectivity index (χ2v) is 5.60. The summed E-state index contributed by atoms with van der Waals surface area (Å²) in [5.41, 5.74) is 10.4. The van der Waals surface area contributed by atoms with Crippen LogP contribution in [0.4, 0.5) is 0 Å². The predicted molar refractivity (Wildman–Crippen MR) is 76.0 cm³/mol. The average Bonchev–Trinajstić information content (AvgIpc) is 2.38. The molecule has 1 saturated carbocycles. The van der Waals surface area contributed by atoms with Crippen molar-refractivity contribution in [3.05, 3.63) is 28.8 Å². The summed E-state index contributed by atoms with van der Waals surface area (Å²) in [6, 6.07) is 4.40. The van der Waals surface area contributed by atoms with Crippen LogP contribution in [0.5, 0.6) is 5.75 Å². The van der Waals surface area contributed by atoms with Gasteiger partial charge >= 0.3 is 0 Å². The third-order valence-electron chi connectivity index (χ3n) is 4.29. The number of aryl methyl sites for hydroxylation is 2. The van der Waals surface area contributed by atoms with Gasteiger partial charge in [0.2, 0.25) is 0 Å². The Morgan fingerprint density at radius 2 is 1.67 bits per heavy atom. The molecule has 2 nitrogen and oxygen atoms in total. The molecule has 0 saturated heterocycles. The van der Waals surface area contributed by atoms with Crippen LogP contribution in [0.3, 0.4) is 0 Å². The summed E-state index contributed by atoms with van der Waals surface area (Å²) >= 11 is 0. The van der Waals surface area contributed by atoms with E-state index in [1.165, 1.54) is 48.8 Å². The maximum atomic E-state index is 6.52. The van der Waals surface area contributed by atoms with Gasteiger partial charge < -0.3 is 10.5 Å². The molecule has 1 atom stereocenters. The Bertz CT molecular complexity index is 385. The highest BCUT2D eigenvalue weighted by atomic mass is 16.5. The molecule has 1 unspecified atom stereocenters. The molecule has 2 rings (SSSR count). The standard InChI is InChI=1S/C16H25NO/c1-11-9-14(18-3)10-12(2)15(11)16(17)13-7-5-4-6-8-13/h9-10,13,16H,4-8,17H2,1-3H3. The Labute approximate surface area is 111 Å². The molecule has 0 aromatic heterocycles. The van der Waals surface area contributed by atoms with Crippen LogP contribution >= 0.6 is 0 Å². The Balaban J connectivity index is 2.26. The van der Waals surface area contributed by atoms with Crippen molar-refractivity contribution in [1.29, 1.82) is 0 Å². The van der Waals surface area contributed by atoms with Crippen LogP contribution in [-0.2, 0) is 0 Å². The van der Waals surface area contributed by atoms with E-state index in [1.54, 1.807) is 7.11 Å². The number of methoxy groups -OCH3 is 1. The monoisotopic (exact) mass is 247 g/mol. The minimum Gasteiger partial charge on any atom is -0.497 e. The first-order valence-corrected chi connectivity index (χ1v) is 7.04. The largest absolute Gasteiger partial charge is 0.497 e. The van der Waals surface area contributed by atoms with Crippen LogP contribution in [0.2, 0.25) is 0 Å². The van der Waals surface area contributed by atoms with E-state index in [0.29, 0.717) is 5.92 Å². The predicted octanol–water partition coefficient (Wildman–Crippen LogP) is 3.89. The molecule has 1 fully saturated rings. The fourth-order valence-electron chi connectivity index (χ4n) is 3.31. The van der Waals surface area contributed by atoms with Crippen molar-refractivity contribution in [2.75, 3.05) is 7.11 Å². The van der Waals surface area contributed by atoms with Crippen LogP contribution in [0.15, 0.2) is 12.1 Å². The number of rotatable bonds is 3. The average molecular weight is 247 g/mol. The summed E-state index contributed by atoms with van der Waals surface area (Å²) in [5, 5.41) is 0. The zero-order valence-electron chi connectivity index (χ0n) is 11.8. The van der Waals surface area contributed by atoms with Crippen molar-refractivity contribution in [2.24, 2.45) is 11.7 Å². The van der Waals surface area contributed by atoms with Crippen LogP contribution in [0.1, 0.15) is 54.8 Å². The molecule has 0 spiro atoms. The van der Waals surface area contributed by atoms with Gasteiger partial charge in [-0.05, 0) is 61.4 Å². The van der Waals surface area contributed by atoms with Gasteiger partial charge in [0.25, 0.3) is 0 Å². The summed E-state index contributed by atoms with van der Waals surface area (Å²) in [6.45, 7) is 4.29. The zero-order chi connectivity index (χ0) is 13.1. The van der Waals surface area contributed by atoms with Gasteiger partial charge in [-0.3, -0.25) is 0 Å². The minimum absolute atomic E-state index is 0.191. The molecule has 1 aliphatic carbocycles. The molecule has 0 radical (unpaired) electrons. The minimum atomic E-state index is 0.191. The van der Waals surface area contributed by atoms with Gasteiger partial charge in [-0.25, -0.2) is 0 Å². The number of ether oxygens (including phenoxy) is 1. The van der Waals surface area contributed by atoms with E-state index in [2.05, 4.69) is 26.0 Å². The fourth-order valence-corrected chi connectivity index (χ4v) is 3.31. The molecule has 0 heterocycles. The lowest BCUT2D eigenvalue weighted by molar-refractivity contribution is 0.307. The van der Waals surface area contributed by atoms with Crippen molar-refractivity contribution < 1.29 is 4.74 Å². The molecule has 100 valence electrons. The third-order valence-corrected chi connectivity index (χ3v) is 4.29. The van der Waals surface area contributed by atoms with Gasteiger partial charge in [0.15, 0.2) is 0 Å². The summed E-state index contributed by atoms with van der Waals surface area (Å²) in [6.07, 6.45) is 6.63. The second-order valence-electron chi connectivity index (χ2n) is 5.60. The Kier molecular flexibility index (Phi) is 4.28. The molecule has 0 amide bonds. The summed E-state index contributed by atoms with van der Waals surface area (Å²) in [4.78, 5) is 0. The van der Waals surface area contributed by atoms with Crippen molar-refractivity contribution in [1.82, 2.24) is 0 Å². The van der Waals surface area contributed by atoms with Gasteiger partial charge in [0, 0.05) is 6.04 Å². The summed E-state index contributed by atoms with van der Waals surface area (Å²) < 4.78 is 5.32. The Morgan fingerprint density at radius 3 is 2.17 bits per heavy atom. The molecule has 1 aromatic rings. The van der Waals surface area contributed by atoms with E-state index in [1.807, 2.05) is 0 Å². The van der Waals surface area contributed by atoms with E-state index in [-0.39, 0.29) is 6.04 Å². The quantitative estimate of drug-likeness (QED) is 0.879. The lowest BCUT2D eigenvalue weighted by Gasteiger charge is -2.30. The maximum Gasteiger partial charge on any atom is 0.119 e. The highest BCUT2D eigenvalue weighted by Gasteiger charge is 2.24. The molecule has 0 aliphatic heterocycles. The number of hydrogen-bond donors (Lipinski definition) is 1.